The molecule has 0 bridgehead atoms. The Bertz CT molecular complexity index is 1310. The van der Waals surface area contributed by atoms with Gasteiger partial charge in [0.15, 0.2) is 0 Å². The molecule has 0 aromatic heterocycles. The van der Waals surface area contributed by atoms with E-state index in [0.717, 1.165) is 60.8 Å². The highest BCUT2D eigenvalue weighted by Gasteiger charge is 2.25. The maximum atomic E-state index is 13.2. The number of phenols is 2. The summed E-state index contributed by atoms with van der Waals surface area (Å²) < 4.78 is 11.9. The van der Waals surface area contributed by atoms with Crippen LogP contribution in [0.2, 0.25) is 0 Å². The van der Waals surface area contributed by atoms with Crippen molar-refractivity contribution < 1.29 is 29.3 Å². The molecule has 0 aliphatic carbocycles. The Hall–Kier alpha value is -3.80. The number of rotatable bonds is 25. The molecule has 0 atom stereocenters. The number of aromatic hydroxyl groups is 2. The van der Waals surface area contributed by atoms with E-state index < -0.39 is 6.29 Å². The average Bonchev–Trinajstić information content (AvgIpc) is 3.10. The first-order valence-electron chi connectivity index (χ1n) is 19.0. The Morgan fingerprint density at radius 1 is 0.490 bits per heavy atom. The van der Waals surface area contributed by atoms with Gasteiger partial charge in [0.1, 0.15) is 11.5 Å². The van der Waals surface area contributed by atoms with Gasteiger partial charge in [0, 0.05) is 18.4 Å². The Morgan fingerprint density at radius 3 is 1.29 bits per heavy atom. The third-order valence-corrected chi connectivity index (χ3v) is 9.13. The molecule has 0 aliphatic rings. The van der Waals surface area contributed by atoms with Gasteiger partial charge in [-0.3, -0.25) is 9.59 Å². The highest BCUT2D eigenvalue weighted by atomic mass is 16.7. The van der Waals surface area contributed by atoms with Crippen molar-refractivity contribution in [3.05, 3.63) is 72.3 Å². The standard InChI is InChI=1S/C43H60O6/c1-3-5-7-9-11-13-15-17-19-21-41(46)48-43(49-42(47)22-20-18-16-14-12-10-8-6-4-2)39-32-27-36(34-23-28-37(44)29-24-34)33-40(39)35-25-30-38(45)31-26-35/h23-33,43-45H,3-22H2,1-2H3. The van der Waals surface area contributed by atoms with Crippen molar-refractivity contribution in [1.82, 2.24) is 0 Å². The molecule has 0 aliphatic heterocycles. The summed E-state index contributed by atoms with van der Waals surface area (Å²) in [6, 6.07) is 19.4. The van der Waals surface area contributed by atoms with Crippen molar-refractivity contribution >= 4 is 11.9 Å². The predicted octanol–water partition coefficient (Wildman–Crippen LogP) is 12.4. The fourth-order valence-electron chi connectivity index (χ4n) is 6.15. The molecule has 0 heterocycles. The first kappa shape index (κ1) is 39.6. The topological polar surface area (TPSA) is 93.1 Å². The minimum atomic E-state index is -1.20. The number of unbranched alkanes of at least 4 members (excludes halogenated alkanes) is 16. The second-order valence-electron chi connectivity index (χ2n) is 13.4. The van der Waals surface area contributed by atoms with Crippen LogP contribution in [0.5, 0.6) is 11.5 Å². The van der Waals surface area contributed by atoms with E-state index in [4.69, 9.17) is 9.47 Å². The van der Waals surface area contributed by atoms with Crippen molar-refractivity contribution in [3.8, 4) is 33.8 Å². The minimum absolute atomic E-state index is 0.135. The van der Waals surface area contributed by atoms with Crippen LogP contribution in [0.1, 0.15) is 154 Å². The summed E-state index contributed by atoms with van der Waals surface area (Å²) in [6.07, 6.45) is 20.0. The van der Waals surface area contributed by atoms with Crippen molar-refractivity contribution in [2.24, 2.45) is 0 Å². The molecule has 6 heteroatoms. The van der Waals surface area contributed by atoms with Gasteiger partial charge in [-0.15, -0.1) is 0 Å². The molecule has 3 aromatic carbocycles. The van der Waals surface area contributed by atoms with Gasteiger partial charge in [0.05, 0.1) is 0 Å². The van der Waals surface area contributed by atoms with Gasteiger partial charge >= 0.3 is 11.9 Å². The predicted molar refractivity (Wildman–Crippen MR) is 199 cm³/mol. The molecule has 0 radical (unpaired) electrons. The number of esters is 2. The lowest BCUT2D eigenvalue weighted by molar-refractivity contribution is -0.189. The summed E-state index contributed by atoms with van der Waals surface area (Å²) in [4.78, 5) is 26.4. The Kier molecular flexibility index (Phi) is 19.0. The monoisotopic (exact) mass is 672 g/mol. The quantitative estimate of drug-likeness (QED) is 0.0528. The molecule has 0 fully saturated rings. The number of ether oxygens (including phenoxy) is 2. The average molecular weight is 673 g/mol. The lowest BCUT2D eigenvalue weighted by Crippen LogP contribution is -2.19. The van der Waals surface area contributed by atoms with Crippen molar-refractivity contribution in [1.29, 1.82) is 0 Å². The van der Waals surface area contributed by atoms with Gasteiger partial charge in [-0.2, -0.15) is 0 Å². The highest BCUT2D eigenvalue weighted by molar-refractivity contribution is 5.78. The minimum Gasteiger partial charge on any atom is -0.508 e. The number of carbonyl (C=O) groups excluding carboxylic acids is 2. The van der Waals surface area contributed by atoms with Crippen molar-refractivity contribution in [2.45, 2.75) is 149 Å². The fourth-order valence-corrected chi connectivity index (χ4v) is 6.15. The molecule has 2 N–H and O–H groups in total. The van der Waals surface area contributed by atoms with E-state index >= 15 is 0 Å². The lowest BCUT2D eigenvalue weighted by Gasteiger charge is -2.22. The first-order chi connectivity index (χ1) is 23.9. The van der Waals surface area contributed by atoms with Crippen LogP contribution in [-0.2, 0) is 19.1 Å². The van der Waals surface area contributed by atoms with E-state index in [1.54, 1.807) is 36.4 Å². The number of phenolic OH excluding ortho intramolecular Hbond substituents is 2. The lowest BCUT2D eigenvalue weighted by atomic mass is 9.94. The maximum absolute atomic E-state index is 13.2. The van der Waals surface area contributed by atoms with E-state index in [0.29, 0.717) is 5.56 Å². The normalized spacial score (nSPS) is 11.2. The molecule has 268 valence electrons. The second-order valence-corrected chi connectivity index (χ2v) is 13.4. The molecular formula is C43H60O6. The summed E-state index contributed by atoms with van der Waals surface area (Å²) in [6.45, 7) is 4.45. The molecule has 3 rings (SSSR count). The van der Waals surface area contributed by atoms with Gasteiger partial charge < -0.3 is 19.7 Å². The maximum Gasteiger partial charge on any atom is 0.309 e. The van der Waals surface area contributed by atoms with Crippen molar-refractivity contribution in [2.75, 3.05) is 0 Å². The molecular weight excluding hydrogens is 612 g/mol. The summed E-state index contributed by atoms with van der Waals surface area (Å²) >= 11 is 0. The number of carbonyl (C=O) groups is 2. The van der Waals surface area contributed by atoms with Crippen LogP contribution in [-0.4, -0.2) is 22.2 Å². The Balaban J connectivity index is 1.72. The molecule has 6 nitrogen and oxygen atoms in total. The molecule has 3 aromatic rings. The Morgan fingerprint density at radius 2 is 0.857 bits per heavy atom. The van der Waals surface area contributed by atoms with E-state index in [2.05, 4.69) is 13.8 Å². The van der Waals surface area contributed by atoms with Crippen LogP contribution in [0.3, 0.4) is 0 Å². The molecule has 0 unspecified atom stereocenters. The number of hydrogen-bond acceptors (Lipinski definition) is 6. The van der Waals surface area contributed by atoms with E-state index in [-0.39, 0.29) is 36.3 Å². The van der Waals surface area contributed by atoms with Gasteiger partial charge in [-0.1, -0.05) is 153 Å². The second kappa shape index (κ2) is 23.5. The summed E-state index contributed by atoms with van der Waals surface area (Å²) in [5.41, 5.74) is 3.85. The van der Waals surface area contributed by atoms with Gasteiger partial charge in [-0.05, 0) is 65.4 Å². The molecule has 49 heavy (non-hydrogen) atoms. The Labute approximate surface area is 295 Å². The molecule has 0 spiro atoms. The zero-order chi connectivity index (χ0) is 35.1. The van der Waals surface area contributed by atoms with Crippen LogP contribution >= 0.6 is 0 Å². The number of hydrogen-bond donors (Lipinski definition) is 2. The van der Waals surface area contributed by atoms with Crippen LogP contribution in [0.4, 0.5) is 0 Å². The largest absolute Gasteiger partial charge is 0.508 e. The van der Waals surface area contributed by atoms with Crippen LogP contribution in [0, 0.1) is 0 Å². The fraction of sp³-hybridized carbons (Fsp3) is 0.535. The summed E-state index contributed by atoms with van der Waals surface area (Å²) in [7, 11) is 0. The highest BCUT2D eigenvalue weighted by Crippen LogP contribution is 2.36. The third kappa shape index (κ3) is 15.5. The zero-order valence-electron chi connectivity index (χ0n) is 30.1. The van der Waals surface area contributed by atoms with Crippen LogP contribution in [0.15, 0.2) is 66.7 Å². The molecule has 0 amide bonds. The summed E-state index contributed by atoms with van der Waals surface area (Å²) in [5, 5.41) is 19.8. The molecule has 0 saturated carbocycles. The van der Waals surface area contributed by atoms with E-state index in [1.807, 2.05) is 30.3 Å². The first-order valence-corrected chi connectivity index (χ1v) is 19.0. The zero-order valence-corrected chi connectivity index (χ0v) is 30.1. The smallest absolute Gasteiger partial charge is 0.309 e. The van der Waals surface area contributed by atoms with Crippen LogP contribution in [0.25, 0.3) is 22.3 Å². The SMILES string of the molecule is CCCCCCCCCCCC(=O)OC(OC(=O)CCCCCCCCCCC)c1ccc(-c2ccc(O)cc2)cc1-c1ccc(O)cc1. The van der Waals surface area contributed by atoms with Crippen molar-refractivity contribution in [3.63, 3.8) is 0 Å². The van der Waals surface area contributed by atoms with Gasteiger partial charge in [0.2, 0.25) is 0 Å². The van der Waals surface area contributed by atoms with Gasteiger partial charge in [0.25, 0.3) is 6.29 Å². The number of benzene rings is 3. The molecule has 0 saturated heterocycles. The van der Waals surface area contributed by atoms with E-state index in [9.17, 15) is 19.8 Å². The summed E-state index contributed by atoms with van der Waals surface area (Å²) in [5.74, 6) is -0.459. The van der Waals surface area contributed by atoms with Gasteiger partial charge in [-0.25, -0.2) is 0 Å². The van der Waals surface area contributed by atoms with E-state index in [1.165, 1.54) is 77.0 Å². The third-order valence-electron chi connectivity index (χ3n) is 9.13. The van der Waals surface area contributed by atoms with Crippen LogP contribution < -0.4 is 0 Å².